The van der Waals surface area contributed by atoms with Crippen LogP contribution in [0.3, 0.4) is 0 Å². The molecule has 3 rings (SSSR count). The number of ether oxygens (including phenoxy) is 1. The van der Waals surface area contributed by atoms with Crippen molar-refractivity contribution < 1.29 is 9.53 Å². The smallest absolute Gasteiger partial charge is 0.258 e. The van der Waals surface area contributed by atoms with Gasteiger partial charge in [0.15, 0.2) is 6.61 Å². The number of rotatable bonds is 7. The van der Waals surface area contributed by atoms with Crippen LogP contribution in [0.4, 0.5) is 0 Å². The molecule has 0 bridgehead atoms. The molecule has 2 saturated carbocycles. The van der Waals surface area contributed by atoms with Gasteiger partial charge in [-0.1, -0.05) is 12.8 Å². The van der Waals surface area contributed by atoms with Crippen LogP contribution in [0.5, 0.6) is 5.88 Å². The van der Waals surface area contributed by atoms with Crippen molar-refractivity contribution in [3.05, 3.63) is 22.9 Å². The molecule has 142 valence electrons. The van der Waals surface area contributed by atoms with E-state index in [0.717, 1.165) is 22.5 Å². The Labute approximate surface area is 156 Å². The van der Waals surface area contributed by atoms with Gasteiger partial charge in [-0.05, 0) is 57.9 Å². The summed E-state index contributed by atoms with van der Waals surface area (Å²) in [5.74, 6) is 1.63. The largest absolute Gasteiger partial charge is 0.468 e. The minimum Gasteiger partial charge on any atom is -0.468 e. The van der Waals surface area contributed by atoms with E-state index in [4.69, 9.17) is 4.74 Å². The second-order valence-electron chi connectivity index (χ2n) is 7.81. The molecular formula is C21H31N3O2. The van der Waals surface area contributed by atoms with E-state index in [1.165, 1.54) is 38.5 Å². The summed E-state index contributed by atoms with van der Waals surface area (Å²) in [6.45, 7) is 6.16. The van der Waals surface area contributed by atoms with Crippen LogP contribution in [0.25, 0.3) is 0 Å². The number of nitrogens with zero attached hydrogens (tertiary/aromatic N) is 2. The minimum atomic E-state index is -0.0700. The highest BCUT2D eigenvalue weighted by Crippen LogP contribution is 2.35. The van der Waals surface area contributed by atoms with E-state index in [1.54, 1.807) is 0 Å². The molecular weight excluding hydrogens is 326 g/mol. The SMILES string of the molecule is CN=C(c1c(C)cc(OCC(=O)N[C@@H](C)C2CCCC2)nc1C)C1CC1. The molecule has 1 N–H and O–H groups in total. The maximum absolute atomic E-state index is 12.2. The molecule has 2 aliphatic rings. The Morgan fingerprint density at radius 1 is 1.31 bits per heavy atom. The van der Waals surface area contributed by atoms with Crippen LogP contribution in [-0.4, -0.2) is 36.3 Å². The summed E-state index contributed by atoms with van der Waals surface area (Å²) in [5.41, 5.74) is 4.33. The van der Waals surface area contributed by atoms with Crippen LogP contribution in [0.2, 0.25) is 0 Å². The van der Waals surface area contributed by atoms with E-state index in [2.05, 4.69) is 29.1 Å². The molecule has 0 radical (unpaired) electrons. The van der Waals surface area contributed by atoms with Crippen molar-refractivity contribution in [3.8, 4) is 5.88 Å². The van der Waals surface area contributed by atoms with Crippen LogP contribution in [0.15, 0.2) is 11.1 Å². The van der Waals surface area contributed by atoms with Crippen molar-refractivity contribution >= 4 is 11.6 Å². The Kier molecular flexibility index (Phi) is 5.94. The fraction of sp³-hybridized carbons (Fsp3) is 0.667. The quantitative estimate of drug-likeness (QED) is 0.758. The topological polar surface area (TPSA) is 63.6 Å². The lowest BCUT2D eigenvalue weighted by molar-refractivity contribution is -0.124. The van der Waals surface area contributed by atoms with E-state index in [9.17, 15) is 4.79 Å². The molecule has 0 aliphatic heterocycles. The third kappa shape index (κ3) is 4.43. The monoisotopic (exact) mass is 357 g/mol. The number of hydrogen-bond donors (Lipinski definition) is 1. The first-order chi connectivity index (χ1) is 12.5. The molecule has 1 atom stereocenters. The maximum atomic E-state index is 12.2. The average molecular weight is 357 g/mol. The summed E-state index contributed by atoms with van der Waals surface area (Å²) in [5, 5.41) is 3.07. The standard InChI is InChI=1S/C21H31N3O2/c1-13-11-19(24-15(3)20(13)21(22-4)17-9-10-17)26-12-18(25)23-14(2)16-7-5-6-8-16/h11,14,16-17H,5-10,12H2,1-4H3,(H,23,25)/t14-/m0/s1. The van der Waals surface area contributed by atoms with Crippen LogP contribution < -0.4 is 10.1 Å². The number of aromatic nitrogens is 1. The maximum Gasteiger partial charge on any atom is 0.258 e. The summed E-state index contributed by atoms with van der Waals surface area (Å²) < 4.78 is 5.67. The lowest BCUT2D eigenvalue weighted by Crippen LogP contribution is -2.39. The van der Waals surface area contributed by atoms with Gasteiger partial charge in [-0.2, -0.15) is 0 Å². The first-order valence-electron chi connectivity index (χ1n) is 9.87. The van der Waals surface area contributed by atoms with Crippen molar-refractivity contribution in [1.82, 2.24) is 10.3 Å². The third-order valence-corrected chi connectivity index (χ3v) is 5.68. The third-order valence-electron chi connectivity index (χ3n) is 5.68. The van der Waals surface area contributed by atoms with E-state index >= 15 is 0 Å². The van der Waals surface area contributed by atoms with Crippen molar-refractivity contribution in [2.75, 3.05) is 13.7 Å². The number of hydrogen-bond acceptors (Lipinski definition) is 4. The number of aryl methyl sites for hydroxylation is 2. The second-order valence-corrected chi connectivity index (χ2v) is 7.81. The molecule has 0 saturated heterocycles. The first kappa shape index (κ1) is 18.9. The zero-order valence-electron chi connectivity index (χ0n) is 16.5. The molecule has 5 heteroatoms. The molecule has 26 heavy (non-hydrogen) atoms. The molecule has 0 spiro atoms. The van der Waals surface area contributed by atoms with Crippen LogP contribution in [0, 0.1) is 25.7 Å². The van der Waals surface area contributed by atoms with Gasteiger partial charge in [0.2, 0.25) is 5.88 Å². The predicted octanol–water partition coefficient (Wildman–Crippen LogP) is 3.60. The highest BCUT2D eigenvalue weighted by atomic mass is 16.5. The van der Waals surface area contributed by atoms with Gasteiger partial charge in [0.25, 0.3) is 5.91 Å². The Bertz CT molecular complexity index is 665. The zero-order valence-corrected chi connectivity index (χ0v) is 16.5. The molecule has 5 nitrogen and oxygen atoms in total. The normalized spacial score (nSPS) is 19.5. The molecule has 1 aromatic heterocycles. The van der Waals surface area contributed by atoms with Gasteiger partial charge in [-0.25, -0.2) is 4.98 Å². The van der Waals surface area contributed by atoms with Gasteiger partial charge in [-0.15, -0.1) is 0 Å². The minimum absolute atomic E-state index is 0.0135. The van der Waals surface area contributed by atoms with E-state index in [0.29, 0.717) is 17.7 Å². The summed E-state index contributed by atoms with van der Waals surface area (Å²) in [6.07, 6.45) is 7.41. The van der Waals surface area contributed by atoms with Crippen molar-refractivity contribution in [2.45, 2.75) is 65.3 Å². The number of amides is 1. The molecule has 2 aliphatic carbocycles. The van der Waals surface area contributed by atoms with Gasteiger partial charge in [-0.3, -0.25) is 9.79 Å². The average Bonchev–Trinajstić information content (AvgIpc) is 3.28. The summed E-state index contributed by atoms with van der Waals surface area (Å²) >= 11 is 0. The molecule has 2 fully saturated rings. The van der Waals surface area contributed by atoms with Gasteiger partial charge >= 0.3 is 0 Å². The van der Waals surface area contributed by atoms with E-state index < -0.39 is 0 Å². The summed E-state index contributed by atoms with van der Waals surface area (Å²) in [7, 11) is 1.85. The van der Waals surface area contributed by atoms with Crippen LogP contribution >= 0.6 is 0 Å². The number of carbonyl (C=O) groups is 1. The molecule has 0 aromatic carbocycles. The molecule has 1 heterocycles. The fourth-order valence-electron chi connectivity index (χ4n) is 4.12. The highest BCUT2D eigenvalue weighted by Gasteiger charge is 2.30. The van der Waals surface area contributed by atoms with Gasteiger partial charge in [0.05, 0.1) is 5.69 Å². The number of carbonyl (C=O) groups excluding carboxylic acids is 1. The highest BCUT2D eigenvalue weighted by molar-refractivity contribution is 6.05. The van der Waals surface area contributed by atoms with Crippen LogP contribution in [0.1, 0.15) is 62.3 Å². The summed E-state index contributed by atoms with van der Waals surface area (Å²) in [4.78, 5) is 21.2. The first-order valence-corrected chi connectivity index (χ1v) is 9.87. The number of aliphatic imine (C=N–C) groups is 1. The Morgan fingerprint density at radius 3 is 2.58 bits per heavy atom. The number of nitrogens with one attached hydrogen (secondary N) is 1. The summed E-state index contributed by atoms with van der Waals surface area (Å²) in [6, 6.07) is 2.14. The van der Waals surface area contributed by atoms with Gasteiger partial charge < -0.3 is 10.1 Å². The van der Waals surface area contributed by atoms with E-state index in [-0.39, 0.29) is 18.6 Å². The Morgan fingerprint density at radius 2 is 2.00 bits per heavy atom. The van der Waals surface area contributed by atoms with Crippen molar-refractivity contribution in [2.24, 2.45) is 16.8 Å². The van der Waals surface area contributed by atoms with Crippen LogP contribution in [-0.2, 0) is 4.79 Å². The Balaban J connectivity index is 1.59. The molecule has 1 amide bonds. The van der Waals surface area contributed by atoms with Crippen molar-refractivity contribution in [3.63, 3.8) is 0 Å². The molecule has 0 unspecified atom stereocenters. The number of pyridine rings is 1. The lowest BCUT2D eigenvalue weighted by Gasteiger charge is -2.20. The van der Waals surface area contributed by atoms with Gasteiger partial charge in [0, 0.05) is 36.3 Å². The fourth-order valence-corrected chi connectivity index (χ4v) is 4.12. The Hall–Kier alpha value is -1.91. The van der Waals surface area contributed by atoms with E-state index in [1.807, 2.05) is 20.0 Å². The zero-order chi connectivity index (χ0) is 18.7. The lowest BCUT2D eigenvalue weighted by atomic mass is 9.99. The predicted molar refractivity (Wildman–Crippen MR) is 104 cm³/mol. The van der Waals surface area contributed by atoms with Gasteiger partial charge in [0.1, 0.15) is 0 Å². The van der Waals surface area contributed by atoms with Crippen molar-refractivity contribution in [1.29, 1.82) is 0 Å². The molecule has 1 aromatic rings. The second kappa shape index (κ2) is 8.19.